The number of ether oxygens (including phenoxy) is 1. The van der Waals surface area contributed by atoms with Gasteiger partial charge in [-0.05, 0) is 34.1 Å². The van der Waals surface area contributed by atoms with E-state index in [4.69, 9.17) is 4.74 Å². The minimum absolute atomic E-state index is 0.291. The van der Waals surface area contributed by atoms with Crippen molar-refractivity contribution < 1.29 is 14.6 Å². The van der Waals surface area contributed by atoms with Crippen LogP contribution in [0.3, 0.4) is 0 Å². The van der Waals surface area contributed by atoms with Gasteiger partial charge in [-0.25, -0.2) is 9.78 Å². The minimum Gasteiger partial charge on any atom is -0.444 e. The predicted octanol–water partition coefficient (Wildman–Crippen LogP) is 1.56. The highest BCUT2D eigenvalue weighted by Crippen LogP contribution is 2.25. The largest absolute Gasteiger partial charge is 0.444 e. The Bertz CT molecular complexity index is 492. The number of rotatable bonds is 2. The Kier molecular flexibility index (Phi) is 3.77. The standard InChI is InChI=1S/C14H23N3O3/c1-11-15-6-8-16(11)9-14(19)5-7-17(10-14)12(18)20-13(2,3)4/h6,8,19H,5,7,9-10H2,1-4H3. The van der Waals surface area contributed by atoms with Gasteiger partial charge < -0.3 is 19.3 Å². The summed E-state index contributed by atoms with van der Waals surface area (Å²) in [5, 5.41) is 10.6. The van der Waals surface area contributed by atoms with Crippen LogP contribution in [0.4, 0.5) is 4.79 Å². The number of nitrogens with zero attached hydrogens (tertiary/aromatic N) is 3. The zero-order valence-corrected chi connectivity index (χ0v) is 12.6. The van der Waals surface area contributed by atoms with E-state index in [1.807, 2.05) is 38.5 Å². The van der Waals surface area contributed by atoms with Crippen LogP contribution in [0.2, 0.25) is 0 Å². The van der Waals surface area contributed by atoms with Crippen molar-refractivity contribution in [3.8, 4) is 0 Å². The Labute approximate surface area is 119 Å². The van der Waals surface area contributed by atoms with E-state index >= 15 is 0 Å². The van der Waals surface area contributed by atoms with Crippen LogP contribution < -0.4 is 0 Å². The third-order valence-electron chi connectivity index (χ3n) is 3.37. The van der Waals surface area contributed by atoms with Crippen LogP contribution in [-0.4, -0.2) is 49.9 Å². The van der Waals surface area contributed by atoms with Crippen molar-refractivity contribution in [2.75, 3.05) is 13.1 Å². The number of hydrogen-bond donors (Lipinski definition) is 1. The molecule has 6 heteroatoms. The first kappa shape index (κ1) is 14.8. The van der Waals surface area contributed by atoms with E-state index in [2.05, 4.69) is 4.98 Å². The second-order valence-corrected chi connectivity index (χ2v) is 6.48. The fourth-order valence-electron chi connectivity index (χ4n) is 2.36. The SMILES string of the molecule is Cc1nccn1CC1(O)CCN(C(=O)OC(C)(C)C)C1. The zero-order valence-electron chi connectivity index (χ0n) is 12.6. The molecule has 0 spiro atoms. The Balaban J connectivity index is 1.97. The monoisotopic (exact) mass is 281 g/mol. The van der Waals surface area contributed by atoms with Gasteiger partial charge in [-0.1, -0.05) is 0 Å². The Morgan fingerprint density at radius 3 is 2.80 bits per heavy atom. The summed E-state index contributed by atoms with van der Waals surface area (Å²) in [5.41, 5.74) is -1.43. The van der Waals surface area contributed by atoms with E-state index in [-0.39, 0.29) is 6.09 Å². The van der Waals surface area contributed by atoms with Crippen LogP contribution in [0.1, 0.15) is 33.0 Å². The number of carbonyl (C=O) groups excluding carboxylic acids is 1. The Morgan fingerprint density at radius 2 is 2.25 bits per heavy atom. The maximum Gasteiger partial charge on any atom is 0.410 e. The Hall–Kier alpha value is -1.56. The van der Waals surface area contributed by atoms with Gasteiger partial charge in [0.1, 0.15) is 17.0 Å². The van der Waals surface area contributed by atoms with Crippen LogP contribution in [-0.2, 0) is 11.3 Å². The lowest BCUT2D eigenvalue weighted by Gasteiger charge is -2.26. The van der Waals surface area contributed by atoms with E-state index in [0.717, 1.165) is 5.82 Å². The van der Waals surface area contributed by atoms with Gasteiger partial charge in [-0.3, -0.25) is 0 Å². The predicted molar refractivity (Wildman–Crippen MR) is 74.3 cm³/mol. The highest BCUT2D eigenvalue weighted by atomic mass is 16.6. The maximum atomic E-state index is 12.0. The van der Waals surface area contributed by atoms with Gasteiger partial charge >= 0.3 is 6.09 Å². The topological polar surface area (TPSA) is 67.6 Å². The van der Waals surface area contributed by atoms with E-state index in [1.54, 1.807) is 11.1 Å². The second kappa shape index (κ2) is 5.09. The molecule has 1 amide bonds. The highest BCUT2D eigenvalue weighted by molar-refractivity contribution is 5.68. The molecule has 6 nitrogen and oxygen atoms in total. The summed E-state index contributed by atoms with van der Waals surface area (Å²) in [6.07, 6.45) is 3.72. The van der Waals surface area contributed by atoms with E-state index < -0.39 is 11.2 Å². The molecule has 0 radical (unpaired) electrons. The molecule has 112 valence electrons. The summed E-state index contributed by atoms with van der Waals surface area (Å²) >= 11 is 0. The first-order valence-corrected chi connectivity index (χ1v) is 6.87. The second-order valence-electron chi connectivity index (χ2n) is 6.48. The summed E-state index contributed by atoms with van der Waals surface area (Å²) in [7, 11) is 0. The molecule has 1 atom stereocenters. The van der Waals surface area contributed by atoms with Crippen LogP contribution in [0, 0.1) is 6.92 Å². The van der Waals surface area contributed by atoms with E-state index in [1.165, 1.54) is 0 Å². The first-order valence-electron chi connectivity index (χ1n) is 6.87. The number of imidazole rings is 1. The number of aromatic nitrogens is 2. The molecule has 0 aliphatic carbocycles. The summed E-state index contributed by atoms with van der Waals surface area (Å²) in [5.74, 6) is 0.856. The van der Waals surface area contributed by atoms with Gasteiger partial charge in [-0.15, -0.1) is 0 Å². The molecule has 1 aromatic rings. The number of aliphatic hydroxyl groups is 1. The lowest BCUT2D eigenvalue weighted by atomic mass is 10.0. The zero-order chi connectivity index (χ0) is 15.0. The summed E-state index contributed by atoms with van der Waals surface area (Å²) < 4.78 is 7.23. The number of aryl methyl sites for hydroxylation is 1. The summed E-state index contributed by atoms with van der Waals surface area (Å²) in [6.45, 7) is 8.65. The van der Waals surface area contributed by atoms with Gasteiger partial charge in [0.05, 0.1) is 13.1 Å². The van der Waals surface area contributed by atoms with Crippen molar-refractivity contribution in [2.45, 2.75) is 51.9 Å². The molecule has 20 heavy (non-hydrogen) atoms. The molecule has 1 aliphatic heterocycles. The first-order chi connectivity index (χ1) is 9.19. The quantitative estimate of drug-likeness (QED) is 0.893. The third-order valence-corrected chi connectivity index (χ3v) is 3.37. The molecular formula is C14H23N3O3. The van der Waals surface area contributed by atoms with Crippen molar-refractivity contribution in [2.24, 2.45) is 0 Å². The van der Waals surface area contributed by atoms with Gasteiger partial charge in [0.2, 0.25) is 0 Å². The lowest BCUT2D eigenvalue weighted by molar-refractivity contribution is 0.00919. The molecule has 0 bridgehead atoms. The van der Waals surface area contributed by atoms with Crippen molar-refractivity contribution in [1.29, 1.82) is 0 Å². The van der Waals surface area contributed by atoms with Crippen molar-refractivity contribution >= 4 is 6.09 Å². The molecule has 1 saturated heterocycles. The van der Waals surface area contributed by atoms with Crippen LogP contribution >= 0.6 is 0 Å². The van der Waals surface area contributed by atoms with Crippen molar-refractivity contribution in [3.05, 3.63) is 18.2 Å². The van der Waals surface area contributed by atoms with Gasteiger partial charge in [-0.2, -0.15) is 0 Å². The fourth-order valence-corrected chi connectivity index (χ4v) is 2.36. The molecule has 2 rings (SSSR count). The van der Waals surface area contributed by atoms with Crippen LogP contribution in [0.15, 0.2) is 12.4 Å². The normalized spacial score (nSPS) is 23.1. The number of amides is 1. The third kappa shape index (κ3) is 3.50. The number of β-amino-alcohol motifs (C(OH)–C–C–N with tert-alkyl or cyclic N) is 1. The number of likely N-dealkylation sites (tertiary alicyclic amines) is 1. The van der Waals surface area contributed by atoms with Crippen molar-refractivity contribution in [1.82, 2.24) is 14.5 Å². The molecule has 1 unspecified atom stereocenters. The summed E-state index contributed by atoms with van der Waals surface area (Å²) in [4.78, 5) is 17.7. The number of hydrogen-bond acceptors (Lipinski definition) is 4. The van der Waals surface area contributed by atoms with E-state index in [9.17, 15) is 9.90 Å². The average Bonchev–Trinajstić information content (AvgIpc) is 2.85. The smallest absolute Gasteiger partial charge is 0.410 e. The van der Waals surface area contributed by atoms with Gasteiger partial charge in [0.25, 0.3) is 0 Å². The number of carbonyl (C=O) groups is 1. The average molecular weight is 281 g/mol. The minimum atomic E-state index is -0.914. The molecule has 1 fully saturated rings. The van der Waals surface area contributed by atoms with Crippen molar-refractivity contribution in [3.63, 3.8) is 0 Å². The van der Waals surface area contributed by atoms with Crippen LogP contribution in [0.5, 0.6) is 0 Å². The maximum absolute atomic E-state index is 12.0. The lowest BCUT2D eigenvalue weighted by Crippen LogP contribution is -2.41. The Morgan fingerprint density at radius 1 is 1.55 bits per heavy atom. The molecule has 1 aliphatic rings. The molecule has 0 aromatic carbocycles. The van der Waals surface area contributed by atoms with Gasteiger partial charge in [0, 0.05) is 18.9 Å². The molecule has 2 heterocycles. The van der Waals surface area contributed by atoms with E-state index in [0.29, 0.717) is 26.1 Å². The summed E-state index contributed by atoms with van der Waals surface area (Å²) in [6, 6.07) is 0. The molecular weight excluding hydrogens is 258 g/mol. The highest BCUT2D eigenvalue weighted by Gasteiger charge is 2.40. The fraction of sp³-hybridized carbons (Fsp3) is 0.714. The molecule has 1 N–H and O–H groups in total. The molecule has 0 saturated carbocycles. The van der Waals surface area contributed by atoms with Crippen LogP contribution in [0.25, 0.3) is 0 Å². The molecule has 1 aromatic heterocycles. The van der Waals surface area contributed by atoms with Gasteiger partial charge in [0.15, 0.2) is 0 Å².